The molecule has 5 nitrogen and oxygen atoms in total. The molecule has 0 fully saturated rings. The van der Waals surface area contributed by atoms with E-state index < -0.39 is 0 Å². The highest BCUT2D eigenvalue weighted by Gasteiger charge is 2.43. The van der Waals surface area contributed by atoms with E-state index in [1.807, 2.05) is 36.4 Å². The number of nitrogens with zero attached hydrogens (tertiary/aromatic N) is 5. The smallest absolute Gasteiger partial charge is 0.238 e. The highest BCUT2D eigenvalue weighted by molar-refractivity contribution is 6.19. The van der Waals surface area contributed by atoms with Gasteiger partial charge in [-0.15, -0.1) is 0 Å². The first-order valence-electron chi connectivity index (χ1n) is 20.8. The number of hydrogen-bond acceptors (Lipinski definition) is 3. The molecule has 0 saturated carbocycles. The Morgan fingerprint density at radius 3 is 1.63 bits per heavy atom. The van der Waals surface area contributed by atoms with Gasteiger partial charge in [0.25, 0.3) is 0 Å². The molecule has 0 radical (unpaired) electrons. The van der Waals surface area contributed by atoms with Crippen molar-refractivity contribution in [3.8, 4) is 45.5 Å². The summed E-state index contributed by atoms with van der Waals surface area (Å²) in [6, 6.07) is 58.6. The Kier molecular flexibility index (Phi) is 7.83. The fourth-order valence-corrected chi connectivity index (χ4v) is 10.1. The lowest BCUT2D eigenvalue weighted by molar-refractivity contribution is 0.234. The molecule has 3 aromatic heterocycles. The molecule has 1 aliphatic rings. The molecule has 1 aliphatic carbocycles. The summed E-state index contributed by atoms with van der Waals surface area (Å²) < 4.78 is 4.64. The second kappa shape index (κ2) is 13.1. The summed E-state index contributed by atoms with van der Waals surface area (Å²) in [5.74, 6) is 2.46. The highest BCUT2D eigenvalue weighted by atomic mass is 15.2. The van der Waals surface area contributed by atoms with Crippen LogP contribution in [0.25, 0.3) is 89.2 Å². The molecule has 0 amide bonds. The van der Waals surface area contributed by atoms with Gasteiger partial charge in [0.05, 0.1) is 22.1 Å². The standard InChI is InChI=1S/C54H45N5/c1-34-33-53(2,3)49-39(23-16-24-44(49)54(34,4)5)35-27-29-38(30-28-35)58-45-25-14-12-21-40(45)42-31-43-41-22-13-15-26-46(41)59(48(43)32-47(42)58)52-56-50(36-17-8-6-9-18-36)55-51(57-52)37-19-10-7-11-20-37/h6-32,34H,33H2,1-5H3. The quantitative estimate of drug-likeness (QED) is 0.175. The maximum Gasteiger partial charge on any atom is 0.238 e. The van der Waals surface area contributed by atoms with E-state index >= 15 is 0 Å². The summed E-state index contributed by atoms with van der Waals surface area (Å²) in [6.07, 6.45) is 1.17. The maximum atomic E-state index is 5.20. The van der Waals surface area contributed by atoms with E-state index in [9.17, 15) is 0 Å². The Balaban J connectivity index is 1.14. The van der Waals surface area contributed by atoms with E-state index in [4.69, 9.17) is 15.0 Å². The Hall–Kier alpha value is -6.85. The molecule has 0 aliphatic heterocycles. The number of benzene rings is 7. The van der Waals surface area contributed by atoms with Gasteiger partial charge >= 0.3 is 0 Å². The Morgan fingerprint density at radius 1 is 0.475 bits per heavy atom. The van der Waals surface area contributed by atoms with Gasteiger partial charge in [0, 0.05) is 38.4 Å². The van der Waals surface area contributed by atoms with Crippen LogP contribution in [0.2, 0.25) is 0 Å². The average molecular weight is 764 g/mol. The van der Waals surface area contributed by atoms with Crippen LogP contribution in [0.1, 0.15) is 52.2 Å². The molecule has 3 heterocycles. The molecule has 10 aromatic rings. The SMILES string of the molecule is CC1CC(C)(C)c2c(-c3ccc(-n4c5ccccc5c5cc6c7ccccc7n(-c7nc(-c8ccccc8)nc(-c8ccccc8)n7)c6cc54)cc3)cccc2C1(C)C. The van der Waals surface area contributed by atoms with Crippen molar-refractivity contribution in [3.05, 3.63) is 175 Å². The number of hydrogen-bond donors (Lipinski definition) is 0. The van der Waals surface area contributed by atoms with Crippen molar-refractivity contribution in [1.29, 1.82) is 0 Å². The summed E-state index contributed by atoms with van der Waals surface area (Å²) in [7, 11) is 0. The molecular formula is C54H45N5. The Bertz CT molecular complexity index is 3180. The first-order valence-corrected chi connectivity index (χ1v) is 20.8. The van der Waals surface area contributed by atoms with Crippen LogP contribution in [0.15, 0.2) is 164 Å². The van der Waals surface area contributed by atoms with Gasteiger partial charge in [0.1, 0.15) is 0 Å². The van der Waals surface area contributed by atoms with Gasteiger partial charge in [-0.3, -0.25) is 4.57 Å². The van der Waals surface area contributed by atoms with Crippen LogP contribution < -0.4 is 0 Å². The molecule has 1 unspecified atom stereocenters. The zero-order valence-corrected chi connectivity index (χ0v) is 34.1. The highest BCUT2D eigenvalue weighted by Crippen LogP contribution is 2.52. The zero-order valence-electron chi connectivity index (χ0n) is 34.1. The number of fused-ring (bicyclic) bond motifs is 7. The van der Waals surface area contributed by atoms with E-state index in [1.54, 1.807) is 0 Å². The summed E-state index contributed by atoms with van der Waals surface area (Å²) >= 11 is 0. The monoisotopic (exact) mass is 763 g/mol. The van der Waals surface area contributed by atoms with E-state index in [-0.39, 0.29) is 10.8 Å². The molecule has 7 aromatic carbocycles. The summed E-state index contributed by atoms with van der Waals surface area (Å²) in [6.45, 7) is 12.1. The molecule has 59 heavy (non-hydrogen) atoms. The van der Waals surface area contributed by atoms with Crippen LogP contribution in [0.4, 0.5) is 0 Å². The van der Waals surface area contributed by atoms with Crippen molar-refractivity contribution in [2.24, 2.45) is 5.92 Å². The van der Waals surface area contributed by atoms with Crippen LogP contribution in [0.3, 0.4) is 0 Å². The molecular weight excluding hydrogens is 719 g/mol. The summed E-state index contributed by atoms with van der Waals surface area (Å²) in [5.41, 5.74) is 13.2. The molecule has 0 N–H and O–H groups in total. The van der Waals surface area contributed by atoms with Crippen molar-refractivity contribution in [1.82, 2.24) is 24.1 Å². The van der Waals surface area contributed by atoms with Crippen LogP contribution in [0.5, 0.6) is 0 Å². The van der Waals surface area contributed by atoms with E-state index in [2.05, 4.69) is 171 Å². The van der Waals surface area contributed by atoms with E-state index in [0.29, 0.717) is 23.5 Å². The van der Waals surface area contributed by atoms with Gasteiger partial charge in [0.2, 0.25) is 5.95 Å². The van der Waals surface area contributed by atoms with Gasteiger partial charge in [-0.1, -0.05) is 162 Å². The first-order chi connectivity index (χ1) is 28.7. The third-order valence-corrected chi connectivity index (χ3v) is 13.3. The van der Waals surface area contributed by atoms with Crippen LogP contribution in [0, 0.1) is 5.92 Å². The minimum atomic E-state index is 0.0818. The lowest BCUT2D eigenvalue weighted by atomic mass is 9.57. The Labute approximate surface area is 344 Å². The molecule has 5 heteroatoms. The minimum absolute atomic E-state index is 0.0818. The van der Waals surface area contributed by atoms with Crippen molar-refractivity contribution >= 4 is 43.6 Å². The third-order valence-electron chi connectivity index (χ3n) is 13.3. The van der Waals surface area contributed by atoms with Crippen molar-refractivity contribution in [2.45, 2.75) is 51.9 Å². The van der Waals surface area contributed by atoms with E-state index in [1.165, 1.54) is 45.0 Å². The normalized spacial score (nSPS) is 15.9. The largest absolute Gasteiger partial charge is 0.309 e. The van der Waals surface area contributed by atoms with Crippen molar-refractivity contribution in [2.75, 3.05) is 0 Å². The fraction of sp³-hybridized carbons (Fsp3) is 0.167. The van der Waals surface area contributed by atoms with Crippen LogP contribution in [-0.4, -0.2) is 24.1 Å². The molecule has 0 saturated heterocycles. The molecule has 0 spiro atoms. The topological polar surface area (TPSA) is 48.5 Å². The minimum Gasteiger partial charge on any atom is -0.309 e. The fourth-order valence-electron chi connectivity index (χ4n) is 10.1. The lowest BCUT2D eigenvalue weighted by Crippen LogP contribution is -2.40. The number of para-hydroxylation sites is 2. The van der Waals surface area contributed by atoms with E-state index in [0.717, 1.165) is 44.1 Å². The van der Waals surface area contributed by atoms with Crippen molar-refractivity contribution in [3.63, 3.8) is 0 Å². The van der Waals surface area contributed by atoms with Crippen LogP contribution >= 0.6 is 0 Å². The first kappa shape index (κ1) is 35.3. The predicted molar refractivity (Wildman–Crippen MR) is 245 cm³/mol. The van der Waals surface area contributed by atoms with Gasteiger partial charge < -0.3 is 4.57 Å². The second-order valence-corrected chi connectivity index (χ2v) is 17.6. The van der Waals surface area contributed by atoms with Gasteiger partial charge in [-0.2, -0.15) is 9.97 Å². The predicted octanol–water partition coefficient (Wildman–Crippen LogP) is 13.7. The number of rotatable bonds is 5. The van der Waals surface area contributed by atoms with Gasteiger partial charge in [0.15, 0.2) is 11.6 Å². The second-order valence-electron chi connectivity index (χ2n) is 17.6. The van der Waals surface area contributed by atoms with Crippen LogP contribution in [-0.2, 0) is 10.8 Å². The number of aromatic nitrogens is 5. The van der Waals surface area contributed by atoms with Crippen molar-refractivity contribution < 1.29 is 0 Å². The molecule has 1 atom stereocenters. The summed E-state index contributed by atoms with van der Waals surface area (Å²) in [4.78, 5) is 15.4. The molecule has 286 valence electrons. The maximum absolute atomic E-state index is 5.20. The van der Waals surface area contributed by atoms with Gasteiger partial charge in [-0.25, -0.2) is 4.98 Å². The molecule has 0 bridgehead atoms. The summed E-state index contributed by atoms with van der Waals surface area (Å²) in [5, 5.41) is 4.74. The Morgan fingerprint density at radius 2 is 1.02 bits per heavy atom. The average Bonchev–Trinajstić information content (AvgIpc) is 3.77. The third kappa shape index (κ3) is 5.48. The van der Waals surface area contributed by atoms with Gasteiger partial charge in [-0.05, 0) is 81.8 Å². The lowest BCUT2D eigenvalue weighted by Gasteiger charge is -2.47. The molecule has 11 rings (SSSR count). The zero-order chi connectivity index (χ0) is 40.0.